The van der Waals surface area contributed by atoms with Crippen LogP contribution in [0.3, 0.4) is 0 Å². The first kappa shape index (κ1) is 11.3. The lowest BCUT2D eigenvalue weighted by Crippen LogP contribution is -2.35. The number of ether oxygens (including phenoxy) is 2. The summed E-state index contributed by atoms with van der Waals surface area (Å²) in [6, 6.07) is 2.02. The van der Waals surface area contributed by atoms with Crippen LogP contribution in [-0.2, 0) is 4.74 Å². The molecule has 1 aromatic rings. The van der Waals surface area contributed by atoms with Crippen LogP contribution in [-0.4, -0.2) is 26.9 Å². The molecule has 1 fully saturated rings. The van der Waals surface area contributed by atoms with Crippen molar-refractivity contribution in [2.24, 2.45) is 0 Å². The number of nitrogens with one attached hydrogen (secondary N) is 1. The van der Waals surface area contributed by atoms with Gasteiger partial charge in [0.1, 0.15) is 5.82 Å². The third-order valence-corrected chi connectivity index (χ3v) is 2.58. The van der Waals surface area contributed by atoms with Crippen LogP contribution in [0, 0.1) is 11.6 Å². The van der Waals surface area contributed by atoms with Gasteiger partial charge in [-0.2, -0.15) is 0 Å². The van der Waals surface area contributed by atoms with Gasteiger partial charge < -0.3 is 14.8 Å². The molecule has 0 radical (unpaired) electrons. The zero-order chi connectivity index (χ0) is 11.5. The van der Waals surface area contributed by atoms with Crippen molar-refractivity contribution < 1.29 is 18.3 Å². The fraction of sp³-hybridized carbons (Fsp3) is 0.455. The van der Waals surface area contributed by atoms with Crippen LogP contribution in [0.25, 0.3) is 0 Å². The molecule has 1 aliphatic rings. The fourth-order valence-electron chi connectivity index (χ4n) is 1.78. The van der Waals surface area contributed by atoms with E-state index in [0.29, 0.717) is 13.2 Å². The number of hydrogen-bond acceptors (Lipinski definition) is 3. The molecule has 0 amide bonds. The van der Waals surface area contributed by atoms with Crippen LogP contribution < -0.4 is 10.1 Å². The zero-order valence-corrected chi connectivity index (χ0v) is 8.93. The van der Waals surface area contributed by atoms with Gasteiger partial charge in [-0.25, -0.2) is 8.78 Å². The number of morpholine rings is 1. The van der Waals surface area contributed by atoms with Crippen molar-refractivity contribution in [2.75, 3.05) is 26.9 Å². The quantitative estimate of drug-likeness (QED) is 0.836. The minimum atomic E-state index is -0.662. The molecule has 1 saturated heterocycles. The van der Waals surface area contributed by atoms with Crippen LogP contribution in [0.2, 0.25) is 0 Å². The average Bonchev–Trinajstić information content (AvgIpc) is 2.31. The Kier molecular flexibility index (Phi) is 3.36. The Morgan fingerprint density at radius 2 is 2.25 bits per heavy atom. The van der Waals surface area contributed by atoms with Crippen LogP contribution >= 0.6 is 0 Å². The third kappa shape index (κ3) is 2.01. The molecule has 1 unspecified atom stereocenters. The molecule has 1 heterocycles. The van der Waals surface area contributed by atoms with Gasteiger partial charge in [-0.3, -0.25) is 0 Å². The SMILES string of the molecule is COc1ccc(F)c(C2COCCN2)c1F. The third-order valence-electron chi connectivity index (χ3n) is 2.58. The highest BCUT2D eigenvalue weighted by Crippen LogP contribution is 2.28. The first-order chi connectivity index (χ1) is 7.74. The summed E-state index contributed by atoms with van der Waals surface area (Å²) in [5.74, 6) is -1.20. The number of methoxy groups -OCH3 is 1. The highest BCUT2D eigenvalue weighted by Gasteiger charge is 2.24. The molecule has 5 heteroatoms. The molecule has 16 heavy (non-hydrogen) atoms. The summed E-state index contributed by atoms with van der Waals surface area (Å²) in [7, 11) is 1.35. The van der Waals surface area contributed by atoms with E-state index in [2.05, 4.69) is 5.32 Å². The number of hydrogen-bond donors (Lipinski definition) is 1. The highest BCUT2D eigenvalue weighted by atomic mass is 19.1. The Hall–Kier alpha value is -1.20. The average molecular weight is 229 g/mol. The van der Waals surface area contributed by atoms with E-state index in [0.717, 1.165) is 0 Å². The highest BCUT2D eigenvalue weighted by molar-refractivity contribution is 5.34. The van der Waals surface area contributed by atoms with Gasteiger partial charge in [0.2, 0.25) is 0 Å². The largest absolute Gasteiger partial charge is 0.494 e. The summed E-state index contributed by atoms with van der Waals surface area (Å²) in [6.45, 7) is 1.41. The monoisotopic (exact) mass is 229 g/mol. The molecule has 1 aliphatic heterocycles. The van der Waals surface area contributed by atoms with Gasteiger partial charge in [-0.1, -0.05) is 0 Å². The van der Waals surface area contributed by atoms with Crippen molar-refractivity contribution in [3.05, 3.63) is 29.3 Å². The normalized spacial score (nSPS) is 20.8. The second-order valence-corrected chi connectivity index (χ2v) is 3.56. The molecular formula is C11H13F2NO2. The van der Waals surface area contributed by atoms with E-state index in [1.54, 1.807) is 0 Å². The first-order valence-corrected chi connectivity index (χ1v) is 5.07. The Labute approximate surface area is 92.4 Å². The summed E-state index contributed by atoms with van der Waals surface area (Å²) in [4.78, 5) is 0. The van der Waals surface area contributed by atoms with Crippen LogP contribution in [0.15, 0.2) is 12.1 Å². The molecule has 0 spiro atoms. The summed E-state index contributed by atoms with van der Waals surface area (Å²) in [5, 5.41) is 3.01. The van der Waals surface area contributed by atoms with Gasteiger partial charge in [-0.15, -0.1) is 0 Å². The van der Waals surface area contributed by atoms with Crippen LogP contribution in [0.5, 0.6) is 5.75 Å². The topological polar surface area (TPSA) is 30.5 Å². The molecule has 0 aliphatic carbocycles. The summed E-state index contributed by atoms with van der Waals surface area (Å²) >= 11 is 0. The van der Waals surface area contributed by atoms with E-state index in [4.69, 9.17) is 9.47 Å². The van der Waals surface area contributed by atoms with Crippen LogP contribution in [0.1, 0.15) is 11.6 Å². The van der Waals surface area contributed by atoms with Gasteiger partial charge in [0.05, 0.1) is 26.4 Å². The lowest BCUT2D eigenvalue weighted by molar-refractivity contribution is 0.0743. The first-order valence-electron chi connectivity index (χ1n) is 5.07. The van der Waals surface area contributed by atoms with Crippen molar-refractivity contribution in [3.8, 4) is 5.75 Å². The lowest BCUT2D eigenvalue weighted by Gasteiger charge is -2.25. The van der Waals surface area contributed by atoms with E-state index in [9.17, 15) is 8.78 Å². The zero-order valence-electron chi connectivity index (χ0n) is 8.93. The molecular weight excluding hydrogens is 216 g/mol. The van der Waals surface area contributed by atoms with Crippen molar-refractivity contribution >= 4 is 0 Å². The molecule has 0 aromatic heterocycles. The molecule has 1 N–H and O–H groups in total. The summed E-state index contributed by atoms with van der Waals surface area (Å²) in [5.41, 5.74) is -0.0148. The van der Waals surface area contributed by atoms with Crippen molar-refractivity contribution in [3.63, 3.8) is 0 Å². The smallest absolute Gasteiger partial charge is 0.172 e. The second kappa shape index (κ2) is 4.76. The maximum absolute atomic E-state index is 13.9. The number of rotatable bonds is 2. The minimum Gasteiger partial charge on any atom is -0.494 e. The number of benzene rings is 1. The molecule has 1 atom stereocenters. The Morgan fingerprint density at radius 1 is 1.44 bits per heavy atom. The van der Waals surface area contributed by atoms with Gasteiger partial charge in [-0.05, 0) is 12.1 Å². The Bertz CT molecular complexity index is 378. The van der Waals surface area contributed by atoms with Gasteiger partial charge in [0.25, 0.3) is 0 Å². The Morgan fingerprint density at radius 3 is 2.88 bits per heavy atom. The molecule has 2 rings (SSSR count). The van der Waals surface area contributed by atoms with Crippen molar-refractivity contribution in [1.29, 1.82) is 0 Å². The van der Waals surface area contributed by atoms with E-state index >= 15 is 0 Å². The molecule has 0 saturated carbocycles. The Balaban J connectivity index is 2.37. The molecule has 0 bridgehead atoms. The maximum Gasteiger partial charge on any atom is 0.172 e. The fourth-order valence-corrected chi connectivity index (χ4v) is 1.78. The lowest BCUT2D eigenvalue weighted by atomic mass is 10.0. The molecule has 1 aromatic carbocycles. The summed E-state index contributed by atoms with van der Waals surface area (Å²) in [6.07, 6.45) is 0. The van der Waals surface area contributed by atoms with Gasteiger partial charge >= 0.3 is 0 Å². The van der Waals surface area contributed by atoms with Gasteiger partial charge in [0, 0.05) is 12.1 Å². The van der Waals surface area contributed by atoms with E-state index in [1.165, 1.54) is 19.2 Å². The maximum atomic E-state index is 13.9. The minimum absolute atomic E-state index is 0.0148. The standard InChI is InChI=1S/C11H13F2NO2/c1-15-9-3-2-7(12)10(11(9)13)8-6-16-5-4-14-8/h2-3,8,14H,4-6H2,1H3. The number of halogens is 2. The van der Waals surface area contributed by atoms with Gasteiger partial charge in [0.15, 0.2) is 11.6 Å². The van der Waals surface area contributed by atoms with Crippen LogP contribution in [0.4, 0.5) is 8.78 Å². The van der Waals surface area contributed by atoms with E-state index < -0.39 is 17.7 Å². The predicted octanol–water partition coefficient (Wildman–Crippen LogP) is 1.63. The molecule has 88 valence electrons. The summed E-state index contributed by atoms with van der Waals surface area (Å²) < 4.78 is 37.4. The van der Waals surface area contributed by atoms with Crippen molar-refractivity contribution in [2.45, 2.75) is 6.04 Å². The second-order valence-electron chi connectivity index (χ2n) is 3.56. The van der Waals surface area contributed by atoms with E-state index in [-0.39, 0.29) is 17.9 Å². The predicted molar refractivity (Wildman–Crippen MR) is 54.5 cm³/mol. The van der Waals surface area contributed by atoms with Crippen molar-refractivity contribution in [1.82, 2.24) is 5.32 Å². The molecule has 3 nitrogen and oxygen atoms in total. The van der Waals surface area contributed by atoms with E-state index in [1.807, 2.05) is 0 Å².